The van der Waals surface area contributed by atoms with Gasteiger partial charge < -0.3 is 20.3 Å². The molecule has 1 amide bonds. The van der Waals surface area contributed by atoms with Crippen molar-refractivity contribution >= 4 is 11.9 Å². The molecule has 0 heterocycles. The molecule has 352 valence electrons. The van der Waals surface area contributed by atoms with Crippen LogP contribution in [0, 0.1) is 0 Å². The van der Waals surface area contributed by atoms with Crippen LogP contribution >= 0.6 is 0 Å². The molecule has 6 heteroatoms. The molecular formula is C54H101NO5. The number of hydrogen-bond acceptors (Lipinski definition) is 5. The lowest BCUT2D eigenvalue weighted by atomic mass is 10.0. The number of allylic oxidation sites excluding steroid dienone is 6. The molecule has 0 fully saturated rings. The largest absolute Gasteiger partial charge is 0.462 e. The summed E-state index contributed by atoms with van der Waals surface area (Å²) in [6, 6.07) is -0.710. The number of aliphatic hydroxyl groups excluding tert-OH is 2. The zero-order valence-electron chi connectivity index (χ0n) is 40.1. The van der Waals surface area contributed by atoms with Crippen LogP contribution in [0.4, 0.5) is 0 Å². The molecule has 0 aromatic rings. The summed E-state index contributed by atoms with van der Waals surface area (Å²) < 4.78 is 5.91. The van der Waals surface area contributed by atoms with Crippen LogP contribution in [0.3, 0.4) is 0 Å². The number of hydrogen-bond donors (Lipinski definition) is 3. The fourth-order valence-electron chi connectivity index (χ4n) is 8.03. The fourth-order valence-corrected chi connectivity index (χ4v) is 8.03. The second kappa shape index (κ2) is 48.1. The highest BCUT2D eigenvalue weighted by Gasteiger charge is 2.24. The van der Waals surface area contributed by atoms with Gasteiger partial charge in [-0.3, -0.25) is 9.59 Å². The van der Waals surface area contributed by atoms with Gasteiger partial charge in [-0.1, -0.05) is 237 Å². The van der Waals surface area contributed by atoms with Gasteiger partial charge in [0.25, 0.3) is 0 Å². The number of unbranched alkanes of at least 4 members (excludes halogenated alkanes) is 29. The first-order valence-electron chi connectivity index (χ1n) is 26.2. The number of aliphatic hydroxyl groups is 2. The smallest absolute Gasteiger partial charge is 0.306 e. The van der Waals surface area contributed by atoms with Gasteiger partial charge in [0.1, 0.15) is 6.10 Å². The Bertz CT molecular complexity index is 993. The molecule has 3 N–H and O–H groups in total. The van der Waals surface area contributed by atoms with Crippen LogP contribution in [0.1, 0.15) is 271 Å². The van der Waals surface area contributed by atoms with E-state index in [1.54, 1.807) is 0 Å². The number of carbonyl (C=O) groups excluding carboxylic acids is 2. The molecule has 0 saturated carbocycles. The number of ether oxygens (including phenoxy) is 1. The lowest BCUT2D eigenvalue weighted by Gasteiger charge is -2.24. The van der Waals surface area contributed by atoms with Crippen molar-refractivity contribution in [2.75, 3.05) is 6.61 Å². The highest BCUT2D eigenvalue weighted by atomic mass is 16.5. The zero-order valence-corrected chi connectivity index (χ0v) is 40.1. The minimum atomic E-state index is -0.795. The monoisotopic (exact) mass is 844 g/mol. The summed E-state index contributed by atoms with van der Waals surface area (Å²) >= 11 is 0. The maximum atomic E-state index is 13.2. The summed E-state index contributed by atoms with van der Waals surface area (Å²) in [6.07, 6.45) is 56.4. The van der Waals surface area contributed by atoms with Crippen LogP contribution in [-0.2, 0) is 14.3 Å². The van der Waals surface area contributed by atoms with E-state index in [-0.39, 0.29) is 24.9 Å². The SMILES string of the molecule is CC/C=C/C/C=C/C/C=C/CCCCC(CC(=O)NC(CO)C(O)CCCCCCCCCCCCCCCCC)OC(=O)CCCCCCCCCCCCCCCC. The van der Waals surface area contributed by atoms with Crippen LogP contribution in [0.15, 0.2) is 36.5 Å². The number of carbonyl (C=O) groups is 2. The minimum Gasteiger partial charge on any atom is -0.462 e. The van der Waals surface area contributed by atoms with Crippen molar-refractivity contribution in [2.45, 2.75) is 289 Å². The summed E-state index contributed by atoms with van der Waals surface area (Å²) in [5, 5.41) is 23.8. The molecule has 0 spiro atoms. The van der Waals surface area contributed by atoms with Gasteiger partial charge in [-0.15, -0.1) is 0 Å². The molecule has 3 atom stereocenters. The van der Waals surface area contributed by atoms with E-state index in [1.165, 1.54) is 148 Å². The second-order valence-corrected chi connectivity index (χ2v) is 17.9. The Kier molecular flexibility index (Phi) is 46.6. The molecule has 6 nitrogen and oxygen atoms in total. The molecule has 0 radical (unpaired) electrons. The molecule has 0 saturated heterocycles. The standard InChI is InChI=1S/C54H101NO5/c1-4-7-10-13-16-19-22-25-27-28-31-34-37-40-43-46-52(57)51(49-56)55-53(58)48-50(45-42-39-36-33-30-24-21-18-15-12-9-6-3)60-54(59)47-44-41-38-35-32-29-26-23-20-17-14-11-8-5-2/h9,12,18,21,30,33,50-52,56-57H,4-8,10-11,13-17,19-20,22-29,31-32,34-49H2,1-3H3,(H,55,58)/b12-9+,21-18+,33-30+. The summed E-state index contributed by atoms with van der Waals surface area (Å²) in [4.78, 5) is 26.1. The molecule has 0 rings (SSSR count). The summed E-state index contributed by atoms with van der Waals surface area (Å²) in [5.74, 6) is -0.501. The highest BCUT2D eigenvalue weighted by molar-refractivity contribution is 5.77. The Morgan fingerprint density at radius 3 is 1.35 bits per heavy atom. The van der Waals surface area contributed by atoms with Gasteiger partial charge in [-0.2, -0.15) is 0 Å². The first-order chi connectivity index (χ1) is 29.5. The molecule has 3 unspecified atom stereocenters. The topological polar surface area (TPSA) is 95.9 Å². The van der Waals surface area contributed by atoms with E-state index < -0.39 is 18.2 Å². The first-order valence-corrected chi connectivity index (χ1v) is 26.2. The second-order valence-electron chi connectivity index (χ2n) is 17.9. The van der Waals surface area contributed by atoms with Gasteiger partial charge in [-0.05, 0) is 57.8 Å². The van der Waals surface area contributed by atoms with Crippen molar-refractivity contribution in [3.05, 3.63) is 36.5 Å². The molecule has 0 aromatic heterocycles. The molecule has 0 aliphatic carbocycles. The van der Waals surface area contributed by atoms with E-state index in [1.807, 2.05) is 0 Å². The number of amides is 1. The highest BCUT2D eigenvalue weighted by Crippen LogP contribution is 2.18. The quantitative estimate of drug-likeness (QED) is 0.0322. The molecule has 0 bridgehead atoms. The lowest BCUT2D eigenvalue weighted by Crippen LogP contribution is -2.46. The Morgan fingerprint density at radius 1 is 0.500 bits per heavy atom. The van der Waals surface area contributed by atoms with Crippen molar-refractivity contribution in [3.8, 4) is 0 Å². The molecule has 0 aromatic carbocycles. The zero-order chi connectivity index (χ0) is 43.8. The van der Waals surface area contributed by atoms with Gasteiger partial charge in [0.15, 0.2) is 0 Å². The third-order valence-corrected chi connectivity index (χ3v) is 12.0. The minimum absolute atomic E-state index is 0.0553. The average molecular weight is 844 g/mol. The number of rotatable bonds is 47. The van der Waals surface area contributed by atoms with E-state index in [2.05, 4.69) is 62.5 Å². The van der Waals surface area contributed by atoms with E-state index in [4.69, 9.17) is 4.74 Å². The molecular weight excluding hydrogens is 743 g/mol. The number of nitrogens with one attached hydrogen (secondary N) is 1. The fraction of sp³-hybridized carbons (Fsp3) is 0.852. The van der Waals surface area contributed by atoms with Crippen LogP contribution in [-0.4, -0.2) is 46.9 Å². The van der Waals surface area contributed by atoms with E-state index in [0.717, 1.165) is 77.0 Å². The van der Waals surface area contributed by atoms with Crippen molar-refractivity contribution in [1.82, 2.24) is 5.32 Å². The van der Waals surface area contributed by atoms with Gasteiger partial charge in [0.2, 0.25) is 5.91 Å². The van der Waals surface area contributed by atoms with Crippen molar-refractivity contribution in [2.24, 2.45) is 0 Å². The Labute approximate surface area is 373 Å². The van der Waals surface area contributed by atoms with Crippen LogP contribution in [0.2, 0.25) is 0 Å². The third kappa shape index (κ3) is 42.8. The van der Waals surface area contributed by atoms with Gasteiger partial charge >= 0.3 is 5.97 Å². The lowest BCUT2D eigenvalue weighted by molar-refractivity contribution is -0.151. The van der Waals surface area contributed by atoms with Crippen LogP contribution < -0.4 is 5.32 Å². The summed E-state index contributed by atoms with van der Waals surface area (Å²) in [5.41, 5.74) is 0. The van der Waals surface area contributed by atoms with Crippen molar-refractivity contribution in [3.63, 3.8) is 0 Å². The molecule has 0 aliphatic rings. The Balaban J connectivity index is 4.54. The Hall–Kier alpha value is -1.92. The maximum absolute atomic E-state index is 13.2. The summed E-state index contributed by atoms with van der Waals surface area (Å²) in [6.45, 7) is 6.38. The van der Waals surface area contributed by atoms with Gasteiger partial charge in [0, 0.05) is 6.42 Å². The summed E-state index contributed by atoms with van der Waals surface area (Å²) in [7, 11) is 0. The predicted molar refractivity (Wildman–Crippen MR) is 259 cm³/mol. The van der Waals surface area contributed by atoms with Gasteiger partial charge in [-0.25, -0.2) is 0 Å². The first kappa shape index (κ1) is 58.1. The van der Waals surface area contributed by atoms with Gasteiger partial charge in [0.05, 0.1) is 25.2 Å². The normalized spacial score (nSPS) is 13.5. The predicted octanol–water partition coefficient (Wildman–Crippen LogP) is 15.7. The average Bonchev–Trinajstić information content (AvgIpc) is 3.24. The van der Waals surface area contributed by atoms with E-state index >= 15 is 0 Å². The third-order valence-electron chi connectivity index (χ3n) is 12.0. The van der Waals surface area contributed by atoms with E-state index in [9.17, 15) is 19.8 Å². The Morgan fingerprint density at radius 2 is 0.900 bits per heavy atom. The van der Waals surface area contributed by atoms with Crippen LogP contribution in [0.25, 0.3) is 0 Å². The van der Waals surface area contributed by atoms with E-state index in [0.29, 0.717) is 19.3 Å². The number of esters is 1. The van der Waals surface area contributed by atoms with Crippen molar-refractivity contribution in [1.29, 1.82) is 0 Å². The van der Waals surface area contributed by atoms with Crippen LogP contribution in [0.5, 0.6) is 0 Å². The van der Waals surface area contributed by atoms with Crippen molar-refractivity contribution < 1.29 is 24.5 Å². The molecule has 60 heavy (non-hydrogen) atoms. The molecule has 0 aliphatic heterocycles. The maximum Gasteiger partial charge on any atom is 0.306 e.